The molecule has 5 heteroatoms. The van der Waals surface area contributed by atoms with Crippen molar-refractivity contribution in [2.24, 2.45) is 0 Å². The number of hydrogen-bond donors (Lipinski definition) is 0. The molecule has 0 atom stereocenters. The van der Waals surface area contributed by atoms with Crippen molar-refractivity contribution in [1.82, 2.24) is 9.36 Å². The van der Waals surface area contributed by atoms with Gasteiger partial charge in [0.25, 0.3) is 0 Å². The summed E-state index contributed by atoms with van der Waals surface area (Å²) in [6.45, 7) is 5.29. The average molecular weight is 250 g/mol. The van der Waals surface area contributed by atoms with Crippen molar-refractivity contribution >= 4 is 32.6 Å². The van der Waals surface area contributed by atoms with Crippen LogP contribution in [0.3, 0.4) is 0 Å². The molecule has 0 fully saturated rings. The summed E-state index contributed by atoms with van der Waals surface area (Å²) >= 11 is 4.86. The predicted octanol–water partition coefficient (Wildman–Crippen LogP) is 2.15. The van der Waals surface area contributed by atoms with Crippen LogP contribution in [0.1, 0.15) is 13.8 Å². The minimum atomic E-state index is 0.482. The first-order chi connectivity index (χ1) is 5.75. The molecular formula is C7H12BrN3S. The van der Waals surface area contributed by atoms with E-state index in [9.17, 15) is 0 Å². The molecule has 0 saturated carbocycles. The second kappa shape index (κ2) is 4.77. The number of nitrogens with zero attached hydrogens (tertiary/aromatic N) is 3. The molecule has 1 aromatic rings. The molecule has 0 bridgehead atoms. The van der Waals surface area contributed by atoms with E-state index in [1.165, 1.54) is 11.5 Å². The third-order valence-electron chi connectivity index (χ3n) is 1.54. The highest BCUT2D eigenvalue weighted by molar-refractivity contribution is 9.09. The van der Waals surface area contributed by atoms with Gasteiger partial charge in [-0.1, -0.05) is 15.9 Å². The van der Waals surface area contributed by atoms with E-state index in [1.807, 2.05) is 0 Å². The van der Waals surface area contributed by atoms with Gasteiger partial charge in [0.2, 0.25) is 5.13 Å². The van der Waals surface area contributed by atoms with Gasteiger partial charge < -0.3 is 4.90 Å². The highest BCUT2D eigenvalue weighted by Crippen LogP contribution is 2.17. The zero-order chi connectivity index (χ0) is 8.97. The van der Waals surface area contributed by atoms with Crippen LogP contribution < -0.4 is 4.90 Å². The topological polar surface area (TPSA) is 29.0 Å². The van der Waals surface area contributed by atoms with Gasteiger partial charge in [-0.25, -0.2) is 4.98 Å². The lowest BCUT2D eigenvalue weighted by atomic mass is 10.3. The van der Waals surface area contributed by atoms with E-state index in [2.05, 4.69) is 44.0 Å². The standard InChI is InChI=1S/C7H12BrN3S/c1-6(2)11(4-3-8)7-9-5-10-12-7/h5-6H,3-4H2,1-2H3. The second-order valence-electron chi connectivity index (χ2n) is 2.70. The Labute approximate surface area is 85.1 Å². The van der Waals surface area contributed by atoms with Crippen LogP contribution in [-0.2, 0) is 0 Å². The van der Waals surface area contributed by atoms with Gasteiger partial charge in [-0.3, -0.25) is 0 Å². The molecule has 0 radical (unpaired) electrons. The maximum Gasteiger partial charge on any atom is 0.205 e. The number of halogens is 1. The third-order valence-corrected chi connectivity index (χ3v) is 2.60. The number of alkyl halides is 1. The summed E-state index contributed by atoms with van der Waals surface area (Å²) in [5.41, 5.74) is 0. The van der Waals surface area contributed by atoms with E-state index in [4.69, 9.17) is 0 Å². The Morgan fingerprint density at radius 3 is 2.83 bits per heavy atom. The van der Waals surface area contributed by atoms with Crippen LogP contribution in [0.5, 0.6) is 0 Å². The lowest BCUT2D eigenvalue weighted by Gasteiger charge is -2.24. The van der Waals surface area contributed by atoms with Gasteiger partial charge >= 0.3 is 0 Å². The highest BCUT2D eigenvalue weighted by Gasteiger charge is 2.11. The Hall–Kier alpha value is -0.160. The molecule has 1 heterocycles. The van der Waals surface area contributed by atoms with Crippen LogP contribution in [0.4, 0.5) is 5.13 Å². The SMILES string of the molecule is CC(C)N(CCBr)c1ncns1. The predicted molar refractivity (Wildman–Crippen MR) is 56.2 cm³/mol. The summed E-state index contributed by atoms with van der Waals surface area (Å²) in [6.07, 6.45) is 1.60. The molecule has 3 nitrogen and oxygen atoms in total. The summed E-state index contributed by atoms with van der Waals surface area (Å²) < 4.78 is 3.98. The minimum Gasteiger partial charge on any atom is -0.344 e. The van der Waals surface area contributed by atoms with E-state index in [0.717, 1.165) is 17.0 Å². The van der Waals surface area contributed by atoms with Gasteiger partial charge in [0.1, 0.15) is 6.33 Å². The maximum atomic E-state index is 4.17. The first-order valence-electron chi connectivity index (χ1n) is 3.85. The van der Waals surface area contributed by atoms with Crippen molar-refractivity contribution in [3.05, 3.63) is 6.33 Å². The molecule has 1 aromatic heterocycles. The molecular weight excluding hydrogens is 238 g/mol. The van der Waals surface area contributed by atoms with Gasteiger partial charge in [0.05, 0.1) is 0 Å². The van der Waals surface area contributed by atoms with Crippen molar-refractivity contribution < 1.29 is 0 Å². The van der Waals surface area contributed by atoms with Crippen molar-refractivity contribution in [3.63, 3.8) is 0 Å². The van der Waals surface area contributed by atoms with Crippen LogP contribution in [0.15, 0.2) is 6.33 Å². The number of rotatable bonds is 4. The lowest BCUT2D eigenvalue weighted by molar-refractivity contribution is 0.705. The quantitative estimate of drug-likeness (QED) is 0.767. The Bertz CT molecular complexity index is 212. The lowest BCUT2D eigenvalue weighted by Crippen LogP contribution is -2.32. The molecule has 0 amide bonds. The summed E-state index contributed by atoms with van der Waals surface area (Å²) in [5, 5.41) is 1.97. The Kier molecular flexibility index (Phi) is 3.94. The average Bonchev–Trinajstić information content (AvgIpc) is 2.51. The van der Waals surface area contributed by atoms with Crippen molar-refractivity contribution in [2.45, 2.75) is 19.9 Å². The molecule has 68 valence electrons. The van der Waals surface area contributed by atoms with Crippen LogP contribution in [-0.4, -0.2) is 27.3 Å². The van der Waals surface area contributed by atoms with Crippen molar-refractivity contribution in [2.75, 3.05) is 16.8 Å². The molecule has 0 N–H and O–H groups in total. The molecule has 0 unspecified atom stereocenters. The van der Waals surface area contributed by atoms with Crippen LogP contribution in [0.2, 0.25) is 0 Å². The summed E-state index contributed by atoms with van der Waals surface area (Å²) in [7, 11) is 0. The van der Waals surface area contributed by atoms with Gasteiger partial charge in [-0.2, -0.15) is 4.37 Å². The van der Waals surface area contributed by atoms with Gasteiger partial charge in [-0.15, -0.1) is 0 Å². The minimum absolute atomic E-state index is 0.482. The molecule has 0 aliphatic rings. The van der Waals surface area contributed by atoms with Crippen LogP contribution >= 0.6 is 27.5 Å². The molecule has 0 aromatic carbocycles. The largest absolute Gasteiger partial charge is 0.344 e. The monoisotopic (exact) mass is 249 g/mol. The first-order valence-corrected chi connectivity index (χ1v) is 5.74. The Morgan fingerprint density at radius 1 is 1.67 bits per heavy atom. The summed E-state index contributed by atoms with van der Waals surface area (Å²) in [6, 6.07) is 0.482. The van der Waals surface area contributed by atoms with Crippen LogP contribution in [0.25, 0.3) is 0 Å². The Balaban J connectivity index is 2.66. The van der Waals surface area contributed by atoms with E-state index in [1.54, 1.807) is 6.33 Å². The second-order valence-corrected chi connectivity index (χ2v) is 4.25. The molecule has 0 aliphatic heterocycles. The number of anilines is 1. The van der Waals surface area contributed by atoms with E-state index in [-0.39, 0.29) is 0 Å². The highest BCUT2D eigenvalue weighted by atomic mass is 79.9. The van der Waals surface area contributed by atoms with Gasteiger partial charge in [0, 0.05) is 29.4 Å². The molecule has 0 spiro atoms. The fourth-order valence-electron chi connectivity index (χ4n) is 0.960. The van der Waals surface area contributed by atoms with Gasteiger partial charge in [-0.05, 0) is 13.8 Å². The number of aromatic nitrogens is 2. The van der Waals surface area contributed by atoms with Crippen molar-refractivity contribution in [3.8, 4) is 0 Å². The zero-order valence-electron chi connectivity index (χ0n) is 7.20. The molecule has 12 heavy (non-hydrogen) atoms. The van der Waals surface area contributed by atoms with E-state index in [0.29, 0.717) is 6.04 Å². The van der Waals surface area contributed by atoms with Gasteiger partial charge in [0.15, 0.2) is 0 Å². The van der Waals surface area contributed by atoms with Crippen molar-refractivity contribution in [1.29, 1.82) is 0 Å². The smallest absolute Gasteiger partial charge is 0.205 e. The van der Waals surface area contributed by atoms with E-state index >= 15 is 0 Å². The Morgan fingerprint density at radius 2 is 2.42 bits per heavy atom. The zero-order valence-corrected chi connectivity index (χ0v) is 9.60. The molecule has 0 saturated heterocycles. The van der Waals surface area contributed by atoms with Crippen LogP contribution in [0, 0.1) is 0 Å². The summed E-state index contributed by atoms with van der Waals surface area (Å²) in [5.74, 6) is 0. The maximum absolute atomic E-state index is 4.17. The summed E-state index contributed by atoms with van der Waals surface area (Å²) in [4.78, 5) is 6.40. The normalized spacial score (nSPS) is 10.7. The number of hydrogen-bond acceptors (Lipinski definition) is 4. The first kappa shape index (κ1) is 9.92. The van der Waals surface area contributed by atoms with E-state index < -0.39 is 0 Å². The fraction of sp³-hybridized carbons (Fsp3) is 0.714. The fourth-order valence-corrected chi connectivity index (χ4v) is 2.03. The molecule has 0 aliphatic carbocycles. The molecule has 1 rings (SSSR count). The third kappa shape index (κ3) is 2.42.